The molecule has 0 saturated carbocycles. The molecule has 0 fully saturated rings. The lowest BCUT2D eigenvalue weighted by Crippen LogP contribution is -2.08. The van der Waals surface area contributed by atoms with Gasteiger partial charge in [0.25, 0.3) is 0 Å². The van der Waals surface area contributed by atoms with Crippen molar-refractivity contribution >= 4 is 11.9 Å². The van der Waals surface area contributed by atoms with E-state index in [1.165, 1.54) is 0 Å². The second kappa shape index (κ2) is 6.18. The predicted molar refractivity (Wildman–Crippen MR) is 52.0 cm³/mol. The van der Waals surface area contributed by atoms with Crippen LogP contribution in [-0.4, -0.2) is 22.2 Å². The summed E-state index contributed by atoms with van der Waals surface area (Å²) in [5, 5.41) is 17.0. The van der Waals surface area contributed by atoms with Crippen molar-refractivity contribution in [2.75, 3.05) is 0 Å². The highest BCUT2D eigenvalue weighted by Gasteiger charge is 2.09. The van der Waals surface area contributed by atoms with Crippen molar-refractivity contribution < 1.29 is 19.8 Å². The molecule has 0 aromatic carbocycles. The maximum atomic E-state index is 10.4. The third-order valence-electron chi connectivity index (χ3n) is 2.00. The number of hydrogen-bond acceptors (Lipinski definition) is 2. The molecule has 0 aliphatic carbocycles. The number of aliphatic carboxylic acids is 2. The average Bonchev–Trinajstić information content (AvgIpc) is 2.02. The summed E-state index contributed by atoms with van der Waals surface area (Å²) in [6.07, 6.45) is 3.10. The predicted octanol–water partition coefficient (Wildman–Crippen LogP) is 1.91. The molecule has 80 valence electrons. The molecule has 0 aromatic heterocycles. The van der Waals surface area contributed by atoms with Gasteiger partial charge in [-0.15, -0.1) is 0 Å². The molecule has 0 unspecified atom stereocenters. The lowest BCUT2D eigenvalue weighted by molar-refractivity contribution is -0.141. The summed E-state index contributed by atoms with van der Waals surface area (Å²) in [6.45, 7) is 3.39. The van der Waals surface area contributed by atoms with Crippen molar-refractivity contribution in [3.63, 3.8) is 0 Å². The molecule has 0 saturated heterocycles. The van der Waals surface area contributed by atoms with Gasteiger partial charge < -0.3 is 10.2 Å². The van der Waals surface area contributed by atoms with E-state index in [0.29, 0.717) is 19.3 Å². The molecule has 0 aliphatic rings. The van der Waals surface area contributed by atoms with Gasteiger partial charge in [0.15, 0.2) is 0 Å². The molecule has 1 atom stereocenters. The third kappa shape index (κ3) is 6.22. The van der Waals surface area contributed by atoms with E-state index in [4.69, 9.17) is 10.2 Å². The molecule has 0 amide bonds. The normalized spacial score (nSPS) is 13.7. The van der Waals surface area contributed by atoms with Crippen LogP contribution in [0.2, 0.25) is 0 Å². The van der Waals surface area contributed by atoms with Crippen molar-refractivity contribution in [2.45, 2.75) is 33.1 Å². The van der Waals surface area contributed by atoms with Crippen molar-refractivity contribution in [1.82, 2.24) is 0 Å². The van der Waals surface area contributed by atoms with Gasteiger partial charge in [0, 0.05) is 6.08 Å². The first-order chi connectivity index (χ1) is 6.43. The fourth-order valence-corrected chi connectivity index (χ4v) is 1.09. The highest BCUT2D eigenvalue weighted by molar-refractivity contribution is 5.80. The van der Waals surface area contributed by atoms with Crippen molar-refractivity contribution in [2.24, 2.45) is 5.92 Å². The van der Waals surface area contributed by atoms with Gasteiger partial charge in [-0.05, 0) is 26.2 Å². The van der Waals surface area contributed by atoms with E-state index in [-0.39, 0.29) is 5.92 Å². The number of carboxylic acid groups (broad SMARTS) is 2. The standard InChI is InChI=1S/C10H16O4/c1-7(6-9(11)12)4-3-5-8(2)10(13)14/h6,8H,3-5H2,1-2H3,(H,11,12)(H,13,14)/b7-6+/t8-/m1/s1. The van der Waals surface area contributed by atoms with E-state index >= 15 is 0 Å². The van der Waals surface area contributed by atoms with Crippen molar-refractivity contribution in [3.8, 4) is 0 Å². The number of hydrogen-bond donors (Lipinski definition) is 2. The third-order valence-corrected chi connectivity index (χ3v) is 2.00. The lowest BCUT2D eigenvalue weighted by Gasteiger charge is -2.05. The summed E-state index contributed by atoms with van der Waals surface area (Å²) in [7, 11) is 0. The minimum atomic E-state index is -0.950. The van der Waals surface area contributed by atoms with Crippen LogP contribution < -0.4 is 0 Å². The molecule has 0 aromatic rings. The molecule has 0 bridgehead atoms. The fraction of sp³-hybridized carbons (Fsp3) is 0.600. The quantitative estimate of drug-likeness (QED) is 0.642. The number of carboxylic acids is 2. The summed E-state index contributed by atoms with van der Waals surface area (Å²) >= 11 is 0. The molecule has 0 rings (SSSR count). The average molecular weight is 200 g/mol. The summed E-state index contributed by atoms with van der Waals surface area (Å²) < 4.78 is 0. The van der Waals surface area contributed by atoms with E-state index in [1.807, 2.05) is 0 Å². The van der Waals surface area contributed by atoms with Gasteiger partial charge in [0.1, 0.15) is 0 Å². The van der Waals surface area contributed by atoms with Crippen LogP contribution in [0.5, 0.6) is 0 Å². The van der Waals surface area contributed by atoms with E-state index in [1.54, 1.807) is 13.8 Å². The zero-order chi connectivity index (χ0) is 11.1. The smallest absolute Gasteiger partial charge is 0.328 e. The van der Waals surface area contributed by atoms with Crippen LogP contribution >= 0.6 is 0 Å². The lowest BCUT2D eigenvalue weighted by atomic mass is 10.0. The van der Waals surface area contributed by atoms with Crippen LogP contribution in [-0.2, 0) is 9.59 Å². The van der Waals surface area contributed by atoms with Gasteiger partial charge in [0.05, 0.1) is 5.92 Å². The SMILES string of the molecule is C/C(=C\C(=O)O)CCC[C@@H](C)C(=O)O. The van der Waals surface area contributed by atoms with Crippen LogP contribution in [0.1, 0.15) is 33.1 Å². The molecule has 0 spiro atoms. The Morgan fingerprint density at radius 1 is 1.36 bits per heavy atom. The molecule has 0 heterocycles. The summed E-state index contributed by atoms with van der Waals surface area (Å²) in [5.41, 5.74) is 0.773. The van der Waals surface area contributed by atoms with Gasteiger partial charge in [-0.3, -0.25) is 4.79 Å². The topological polar surface area (TPSA) is 74.6 Å². The number of allylic oxidation sites excluding steroid dienone is 1. The van der Waals surface area contributed by atoms with Gasteiger partial charge in [-0.1, -0.05) is 12.5 Å². The number of carbonyl (C=O) groups is 2. The Bertz CT molecular complexity index is 243. The molecule has 4 heteroatoms. The highest BCUT2D eigenvalue weighted by Crippen LogP contribution is 2.12. The first-order valence-electron chi connectivity index (χ1n) is 4.56. The van der Waals surface area contributed by atoms with Crippen molar-refractivity contribution in [1.29, 1.82) is 0 Å². The summed E-state index contributed by atoms with van der Waals surface area (Å²) in [5.74, 6) is -2.11. The maximum Gasteiger partial charge on any atom is 0.328 e. The first kappa shape index (κ1) is 12.7. The van der Waals surface area contributed by atoms with Gasteiger partial charge >= 0.3 is 11.9 Å². The van der Waals surface area contributed by atoms with E-state index in [0.717, 1.165) is 11.6 Å². The van der Waals surface area contributed by atoms with Crippen molar-refractivity contribution in [3.05, 3.63) is 11.6 Å². The van der Waals surface area contributed by atoms with E-state index in [9.17, 15) is 9.59 Å². The molecular weight excluding hydrogens is 184 g/mol. The Hall–Kier alpha value is -1.32. The second-order valence-electron chi connectivity index (χ2n) is 3.46. The molecule has 14 heavy (non-hydrogen) atoms. The molecule has 2 N–H and O–H groups in total. The van der Waals surface area contributed by atoms with Gasteiger partial charge in [-0.25, -0.2) is 4.79 Å². The van der Waals surface area contributed by atoms with Crippen LogP contribution in [0, 0.1) is 5.92 Å². The summed E-state index contributed by atoms with van der Waals surface area (Å²) in [4.78, 5) is 20.7. The number of rotatable bonds is 6. The van der Waals surface area contributed by atoms with E-state index in [2.05, 4.69) is 0 Å². The van der Waals surface area contributed by atoms with Crippen LogP contribution in [0.3, 0.4) is 0 Å². The minimum absolute atomic E-state index is 0.354. The molecule has 0 aliphatic heterocycles. The Balaban J connectivity index is 3.74. The molecule has 0 radical (unpaired) electrons. The molecular formula is C10H16O4. The zero-order valence-electron chi connectivity index (χ0n) is 8.49. The highest BCUT2D eigenvalue weighted by atomic mass is 16.4. The Morgan fingerprint density at radius 2 is 1.93 bits per heavy atom. The molecule has 4 nitrogen and oxygen atoms in total. The maximum absolute atomic E-state index is 10.4. The largest absolute Gasteiger partial charge is 0.481 e. The van der Waals surface area contributed by atoms with Crippen LogP contribution in [0.25, 0.3) is 0 Å². The zero-order valence-corrected chi connectivity index (χ0v) is 8.49. The Labute approximate surface area is 83.2 Å². The van der Waals surface area contributed by atoms with Gasteiger partial charge in [-0.2, -0.15) is 0 Å². The van der Waals surface area contributed by atoms with Crippen LogP contribution in [0.4, 0.5) is 0 Å². The Morgan fingerprint density at radius 3 is 2.36 bits per heavy atom. The van der Waals surface area contributed by atoms with Crippen LogP contribution in [0.15, 0.2) is 11.6 Å². The van der Waals surface area contributed by atoms with Gasteiger partial charge in [0.2, 0.25) is 0 Å². The first-order valence-corrected chi connectivity index (χ1v) is 4.56. The summed E-state index contributed by atoms with van der Waals surface area (Å²) in [6, 6.07) is 0. The Kier molecular flexibility index (Phi) is 5.60. The monoisotopic (exact) mass is 200 g/mol. The fourth-order valence-electron chi connectivity index (χ4n) is 1.09. The minimum Gasteiger partial charge on any atom is -0.481 e. The van der Waals surface area contributed by atoms with E-state index < -0.39 is 11.9 Å². The second-order valence-corrected chi connectivity index (χ2v) is 3.46.